The van der Waals surface area contributed by atoms with Gasteiger partial charge in [-0.3, -0.25) is 0 Å². The molecule has 0 radical (unpaired) electrons. The Bertz CT molecular complexity index is 733. The molecule has 0 spiro atoms. The first-order valence-electron chi connectivity index (χ1n) is 8.68. The summed E-state index contributed by atoms with van der Waals surface area (Å²) in [6.07, 6.45) is 0. The largest absolute Gasteiger partial charge is 0.494 e. The molecule has 0 saturated heterocycles. The van der Waals surface area contributed by atoms with Crippen LogP contribution in [0.1, 0.15) is 44.4 Å². The number of carbonyl (C=O) groups excluding carboxylic acids is 1. The molecule has 2 amide bonds. The zero-order chi connectivity index (χ0) is 18.4. The van der Waals surface area contributed by atoms with Gasteiger partial charge in [-0.25, -0.2) is 4.79 Å². The normalized spacial score (nSPS) is 11.1. The van der Waals surface area contributed by atoms with Gasteiger partial charge < -0.3 is 15.4 Å². The van der Waals surface area contributed by atoms with Crippen LogP contribution in [0.15, 0.2) is 42.5 Å². The van der Waals surface area contributed by atoms with Crippen LogP contribution in [0.2, 0.25) is 0 Å². The minimum absolute atomic E-state index is 0.0454. The number of ether oxygens (including phenoxy) is 1. The molecule has 0 unspecified atom stereocenters. The van der Waals surface area contributed by atoms with Crippen molar-refractivity contribution in [1.29, 1.82) is 0 Å². The monoisotopic (exact) mass is 340 g/mol. The summed E-state index contributed by atoms with van der Waals surface area (Å²) in [7, 11) is 0. The third-order valence-electron chi connectivity index (χ3n) is 4.03. The molecule has 4 nitrogen and oxygen atoms in total. The Morgan fingerprint density at radius 2 is 1.80 bits per heavy atom. The smallest absolute Gasteiger partial charge is 0.319 e. The Kier molecular flexibility index (Phi) is 6.07. The summed E-state index contributed by atoms with van der Waals surface area (Å²) in [5.74, 6) is 0.802. The van der Waals surface area contributed by atoms with Crippen molar-refractivity contribution >= 4 is 11.7 Å². The Hall–Kier alpha value is -2.49. The molecule has 2 rings (SSSR count). The number of hydrogen-bond acceptors (Lipinski definition) is 2. The number of amides is 2. The Morgan fingerprint density at radius 1 is 1.08 bits per heavy atom. The minimum Gasteiger partial charge on any atom is -0.494 e. The van der Waals surface area contributed by atoms with Gasteiger partial charge in [0.25, 0.3) is 0 Å². The molecular weight excluding hydrogens is 312 g/mol. The van der Waals surface area contributed by atoms with Crippen LogP contribution < -0.4 is 15.4 Å². The number of anilines is 1. The lowest BCUT2D eigenvalue weighted by molar-refractivity contribution is 0.251. The van der Waals surface area contributed by atoms with Crippen molar-refractivity contribution in [3.05, 3.63) is 59.2 Å². The fourth-order valence-corrected chi connectivity index (χ4v) is 2.74. The van der Waals surface area contributed by atoms with E-state index in [1.165, 1.54) is 0 Å². The van der Waals surface area contributed by atoms with Gasteiger partial charge in [-0.2, -0.15) is 0 Å². The lowest BCUT2D eigenvalue weighted by Crippen LogP contribution is -2.30. The van der Waals surface area contributed by atoms with Gasteiger partial charge in [0.1, 0.15) is 5.75 Å². The first-order chi connectivity index (χ1) is 11.8. The summed E-state index contributed by atoms with van der Waals surface area (Å²) in [5, 5.41) is 5.94. The van der Waals surface area contributed by atoms with Gasteiger partial charge >= 0.3 is 6.03 Å². The minimum atomic E-state index is -0.217. The molecule has 0 fully saturated rings. The number of aryl methyl sites for hydroxylation is 1. The molecule has 0 atom stereocenters. The third-order valence-corrected chi connectivity index (χ3v) is 4.03. The zero-order valence-corrected chi connectivity index (χ0v) is 15.8. The highest BCUT2D eigenvalue weighted by molar-refractivity contribution is 5.91. The van der Waals surface area contributed by atoms with Crippen LogP contribution in [0.5, 0.6) is 5.75 Å². The molecule has 0 aliphatic heterocycles. The van der Waals surface area contributed by atoms with Crippen molar-refractivity contribution in [2.24, 2.45) is 0 Å². The van der Waals surface area contributed by atoms with E-state index in [-0.39, 0.29) is 11.4 Å². The van der Waals surface area contributed by atoms with E-state index in [0.29, 0.717) is 13.2 Å². The Balaban J connectivity index is 2.10. The highest BCUT2D eigenvalue weighted by Crippen LogP contribution is 2.31. The summed E-state index contributed by atoms with van der Waals surface area (Å²) in [6.45, 7) is 11.4. The molecule has 25 heavy (non-hydrogen) atoms. The van der Waals surface area contributed by atoms with Gasteiger partial charge in [0, 0.05) is 17.8 Å². The highest BCUT2D eigenvalue weighted by atomic mass is 16.5. The summed E-state index contributed by atoms with van der Waals surface area (Å²) < 4.78 is 5.60. The van der Waals surface area contributed by atoms with E-state index in [4.69, 9.17) is 4.74 Å². The van der Waals surface area contributed by atoms with E-state index in [9.17, 15) is 4.79 Å². The molecule has 0 aliphatic carbocycles. The summed E-state index contributed by atoms with van der Waals surface area (Å²) in [5.41, 5.74) is 3.97. The quantitative estimate of drug-likeness (QED) is 0.803. The van der Waals surface area contributed by atoms with Crippen molar-refractivity contribution in [1.82, 2.24) is 5.32 Å². The Morgan fingerprint density at radius 3 is 2.48 bits per heavy atom. The van der Waals surface area contributed by atoms with Gasteiger partial charge in [-0.05, 0) is 36.5 Å². The van der Waals surface area contributed by atoms with Crippen LogP contribution in [-0.2, 0) is 12.0 Å². The fraction of sp³-hybridized carbons (Fsp3) is 0.381. The molecule has 2 N–H and O–H groups in total. The van der Waals surface area contributed by atoms with Crippen LogP contribution in [0.4, 0.5) is 10.5 Å². The first kappa shape index (κ1) is 18.8. The number of rotatable bonds is 5. The van der Waals surface area contributed by atoms with Crippen molar-refractivity contribution in [3.63, 3.8) is 0 Å². The number of hydrogen-bond donors (Lipinski definition) is 2. The van der Waals surface area contributed by atoms with Gasteiger partial charge in [0.15, 0.2) is 0 Å². The number of urea groups is 1. The predicted octanol–water partition coefficient (Wildman–Crippen LogP) is 5.01. The summed E-state index contributed by atoms with van der Waals surface area (Å²) >= 11 is 0. The van der Waals surface area contributed by atoms with Crippen molar-refractivity contribution < 1.29 is 9.53 Å². The first-order valence-corrected chi connectivity index (χ1v) is 8.68. The van der Waals surface area contributed by atoms with Crippen LogP contribution in [0.3, 0.4) is 0 Å². The molecule has 0 saturated carbocycles. The van der Waals surface area contributed by atoms with Crippen molar-refractivity contribution in [2.75, 3.05) is 11.9 Å². The van der Waals surface area contributed by atoms with Crippen LogP contribution in [0.25, 0.3) is 0 Å². The van der Waals surface area contributed by atoms with E-state index < -0.39 is 0 Å². The fourth-order valence-electron chi connectivity index (χ4n) is 2.74. The van der Waals surface area contributed by atoms with Crippen molar-refractivity contribution in [3.8, 4) is 5.75 Å². The molecule has 0 aromatic heterocycles. The number of nitrogens with one attached hydrogen (secondary N) is 2. The van der Waals surface area contributed by atoms with Crippen LogP contribution >= 0.6 is 0 Å². The average molecular weight is 340 g/mol. The predicted molar refractivity (Wildman–Crippen MR) is 103 cm³/mol. The number of benzene rings is 2. The topological polar surface area (TPSA) is 50.4 Å². The molecular formula is C21H28N2O2. The van der Waals surface area contributed by atoms with Gasteiger partial charge in [-0.1, -0.05) is 57.2 Å². The molecule has 0 heterocycles. The average Bonchev–Trinajstić information content (AvgIpc) is 2.55. The highest BCUT2D eigenvalue weighted by Gasteiger charge is 2.20. The van der Waals surface area contributed by atoms with Crippen LogP contribution in [0, 0.1) is 6.92 Å². The third kappa shape index (κ3) is 4.99. The SMILES string of the molecule is CCOc1ccccc1CNC(=O)Nc1c(C)cccc1C(C)(C)C. The van der Waals surface area contributed by atoms with E-state index in [2.05, 4.69) is 37.5 Å². The maximum atomic E-state index is 12.4. The number of para-hydroxylation sites is 2. The van der Waals surface area contributed by atoms with E-state index in [0.717, 1.165) is 28.1 Å². The maximum Gasteiger partial charge on any atom is 0.319 e. The van der Waals surface area contributed by atoms with E-state index >= 15 is 0 Å². The molecule has 2 aromatic rings. The van der Waals surface area contributed by atoms with E-state index in [1.807, 2.05) is 50.2 Å². The van der Waals surface area contributed by atoms with Gasteiger partial charge in [0.05, 0.1) is 6.61 Å². The lowest BCUT2D eigenvalue weighted by Gasteiger charge is -2.24. The summed E-state index contributed by atoms with van der Waals surface area (Å²) in [6, 6.07) is 13.6. The van der Waals surface area contributed by atoms with E-state index in [1.54, 1.807) is 0 Å². The molecule has 0 bridgehead atoms. The second kappa shape index (κ2) is 8.06. The second-order valence-electron chi connectivity index (χ2n) is 7.10. The van der Waals surface area contributed by atoms with Gasteiger partial charge in [0.2, 0.25) is 0 Å². The number of carbonyl (C=O) groups is 1. The molecule has 2 aromatic carbocycles. The maximum absolute atomic E-state index is 12.4. The second-order valence-corrected chi connectivity index (χ2v) is 7.10. The lowest BCUT2D eigenvalue weighted by atomic mass is 9.84. The van der Waals surface area contributed by atoms with Gasteiger partial charge in [-0.15, -0.1) is 0 Å². The molecule has 0 aliphatic rings. The standard InChI is InChI=1S/C21H28N2O2/c1-6-25-18-13-8-7-11-16(18)14-22-20(24)23-19-15(2)10-9-12-17(19)21(3,4)5/h7-13H,6,14H2,1-5H3,(H2,22,23,24). The molecule has 4 heteroatoms. The summed E-state index contributed by atoms with van der Waals surface area (Å²) in [4.78, 5) is 12.4. The van der Waals surface area contributed by atoms with Crippen molar-refractivity contribution in [2.45, 2.75) is 46.6 Å². The zero-order valence-electron chi connectivity index (χ0n) is 15.8. The van der Waals surface area contributed by atoms with Crippen LogP contribution in [-0.4, -0.2) is 12.6 Å². The molecule has 134 valence electrons. The Labute approximate surface area is 150 Å².